The second-order valence-corrected chi connectivity index (χ2v) is 6.11. The van der Waals surface area contributed by atoms with Crippen LogP contribution >= 0.6 is 0 Å². The quantitative estimate of drug-likeness (QED) is 0.904. The van der Waals surface area contributed by atoms with Crippen LogP contribution in [-0.2, 0) is 4.79 Å². The van der Waals surface area contributed by atoms with Gasteiger partial charge in [-0.05, 0) is 30.3 Å². The van der Waals surface area contributed by atoms with Crippen molar-refractivity contribution >= 4 is 11.8 Å². The van der Waals surface area contributed by atoms with Gasteiger partial charge in [-0.3, -0.25) is 9.59 Å². The van der Waals surface area contributed by atoms with E-state index in [2.05, 4.69) is 0 Å². The molecule has 3 rings (SSSR count). The van der Waals surface area contributed by atoms with Crippen LogP contribution in [0.15, 0.2) is 54.6 Å². The molecule has 1 fully saturated rings. The minimum atomic E-state index is -0.485. The number of carbonyl (C=O) groups excluding carboxylic acids is 2. The van der Waals surface area contributed by atoms with Gasteiger partial charge in [-0.15, -0.1) is 0 Å². The number of carbonyl (C=O) groups is 2. The molecule has 0 aromatic heterocycles. The van der Waals surface area contributed by atoms with Crippen LogP contribution in [0.2, 0.25) is 0 Å². The van der Waals surface area contributed by atoms with Crippen molar-refractivity contribution in [1.29, 1.82) is 0 Å². The average Bonchev–Trinajstić information content (AvgIpc) is 3.05. The standard InChI is InChI=1S/C19H19FN2O3/c20-15-6-4-5-13(9-15)19(24)22-10-14(17(11-22)18(21)23)12-25-16-7-2-1-3-8-16/h1-9,14,17H,10-12H2,(H2,21,23)/t14-,17+/m0/s1. The third-order valence-electron chi connectivity index (χ3n) is 4.37. The summed E-state index contributed by atoms with van der Waals surface area (Å²) in [6.07, 6.45) is 0. The number of ether oxygens (including phenoxy) is 1. The normalized spacial score (nSPS) is 19.6. The molecule has 0 spiro atoms. The number of hydrogen-bond donors (Lipinski definition) is 1. The third kappa shape index (κ3) is 3.96. The molecule has 6 heteroatoms. The summed E-state index contributed by atoms with van der Waals surface area (Å²) in [6.45, 7) is 0.841. The van der Waals surface area contributed by atoms with Crippen molar-refractivity contribution in [2.75, 3.05) is 19.7 Å². The zero-order chi connectivity index (χ0) is 17.8. The van der Waals surface area contributed by atoms with Crippen LogP contribution in [0.5, 0.6) is 5.75 Å². The highest BCUT2D eigenvalue weighted by molar-refractivity contribution is 5.95. The van der Waals surface area contributed by atoms with Gasteiger partial charge in [0.15, 0.2) is 0 Å². The molecule has 1 saturated heterocycles. The lowest BCUT2D eigenvalue weighted by atomic mass is 9.96. The van der Waals surface area contributed by atoms with E-state index >= 15 is 0 Å². The van der Waals surface area contributed by atoms with Gasteiger partial charge in [0.05, 0.1) is 12.5 Å². The summed E-state index contributed by atoms with van der Waals surface area (Å²) in [7, 11) is 0. The summed E-state index contributed by atoms with van der Waals surface area (Å²) >= 11 is 0. The topological polar surface area (TPSA) is 72.6 Å². The van der Waals surface area contributed by atoms with Crippen LogP contribution < -0.4 is 10.5 Å². The second-order valence-electron chi connectivity index (χ2n) is 6.11. The summed E-state index contributed by atoms with van der Waals surface area (Å²) in [5, 5.41) is 0. The van der Waals surface area contributed by atoms with Crippen molar-refractivity contribution in [2.45, 2.75) is 0 Å². The number of halogens is 1. The predicted molar refractivity (Wildman–Crippen MR) is 90.4 cm³/mol. The Hall–Kier alpha value is -2.89. The first-order chi connectivity index (χ1) is 12.0. The minimum Gasteiger partial charge on any atom is -0.493 e. The zero-order valence-electron chi connectivity index (χ0n) is 13.6. The Morgan fingerprint density at radius 1 is 1.12 bits per heavy atom. The highest BCUT2D eigenvalue weighted by Gasteiger charge is 2.39. The molecule has 130 valence electrons. The lowest BCUT2D eigenvalue weighted by Gasteiger charge is -2.17. The molecule has 0 bridgehead atoms. The van der Waals surface area contributed by atoms with E-state index in [0.29, 0.717) is 12.3 Å². The Bertz CT molecular complexity index is 766. The Kier molecular flexibility index (Phi) is 4.97. The molecule has 2 amide bonds. The Morgan fingerprint density at radius 3 is 2.56 bits per heavy atom. The van der Waals surface area contributed by atoms with Gasteiger partial charge in [-0.2, -0.15) is 0 Å². The first-order valence-electron chi connectivity index (χ1n) is 8.06. The Balaban J connectivity index is 1.69. The summed E-state index contributed by atoms with van der Waals surface area (Å²) in [5.41, 5.74) is 5.75. The molecule has 0 unspecified atom stereocenters. The van der Waals surface area contributed by atoms with E-state index in [1.807, 2.05) is 30.3 Å². The molecule has 0 saturated carbocycles. The first-order valence-corrected chi connectivity index (χ1v) is 8.06. The van der Waals surface area contributed by atoms with Crippen LogP contribution in [0.3, 0.4) is 0 Å². The third-order valence-corrected chi connectivity index (χ3v) is 4.37. The number of hydrogen-bond acceptors (Lipinski definition) is 3. The van der Waals surface area contributed by atoms with Gasteiger partial charge < -0.3 is 15.4 Å². The van der Waals surface area contributed by atoms with E-state index in [1.165, 1.54) is 23.1 Å². The van der Waals surface area contributed by atoms with Gasteiger partial charge >= 0.3 is 0 Å². The van der Waals surface area contributed by atoms with Crippen LogP contribution in [0, 0.1) is 17.7 Å². The molecule has 2 aromatic rings. The highest BCUT2D eigenvalue weighted by Crippen LogP contribution is 2.26. The Morgan fingerprint density at radius 2 is 1.88 bits per heavy atom. The molecule has 1 heterocycles. The van der Waals surface area contributed by atoms with Crippen molar-refractivity contribution in [2.24, 2.45) is 17.6 Å². The van der Waals surface area contributed by atoms with Crippen molar-refractivity contribution in [3.8, 4) is 5.75 Å². The first kappa shape index (κ1) is 17.0. The number of likely N-dealkylation sites (tertiary alicyclic amines) is 1. The van der Waals surface area contributed by atoms with Crippen LogP contribution in [-0.4, -0.2) is 36.4 Å². The molecule has 0 radical (unpaired) electrons. The van der Waals surface area contributed by atoms with E-state index < -0.39 is 17.6 Å². The maximum Gasteiger partial charge on any atom is 0.253 e. The zero-order valence-corrected chi connectivity index (χ0v) is 13.6. The SMILES string of the molecule is NC(=O)[C@@H]1CN(C(=O)c2cccc(F)c2)C[C@H]1COc1ccccc1. The van der Waals surface area contributed by atoms with E-state index in [0.717, 1.165) is 0 Å². The van der Waals surface area contributed by atoms with E-state index in [1.54, 1.807) is 6.07 Å². The second kappa shape index (κ2) is 7.34. The number of primary amides is 1. The van der Waals surface area contributed by atoms with Crippen LogP contribution in [0.1, 0.15) is 10.4 Å². The molecule has 1 aliphatic rings. The fourth-order valence-electron chi connectivity index (χ4n) is 3.05. The van der Waals surface area contributed by atoms with Crippen molar-refractivity contribution < 1.29 is 18.7 Å². The lowest BCUT2D eigenvalue weighted by molar-refractivity contribution is -0.122. The molecule has 1 aliphatic heterocycles. The molecule has 5 nitrogen and oxygen atoms in total. The number of para-hydroxylation sites is 1. The van der Waals surface area contributed by atoms with Crippen LogP contribution in [0.4, 0.5) is 4.39 Å². The van der Waals surface area contributed by atoms with Gasteiger partial charge in [0, 0.05) is 24.6 Å². The predicted octanol–water partition coefficient (Wildman–Crippen LogP) is 2.08. The summed E-state index contributed by atoms with van der Waals surface area (Å²) in [6, 6.07) is 14.8. The number of amides is 2. The molecule has 25 heavy (non-hydrogen) atoms. The average molecular weight is 342 g/mol. The number of rotatable bonds is 5. The molecule has 0 aliphatic carbocycles. The molecular formula is C19H19FN2O3. The van der Waals surface area contributed by atoms with Crippen molar-refractivity contribution in [1.82, 2.24) is 4.90 Å². The highest BCUT2D eigenvalue weighted by atomic mass is 19.1. The van der Waals surface area contributed by atoms with E-state index in [-0.39, 0.29) is 30.5 Å². The Labute approximate surface area is 145 Å². The summed E-state index contributed by atoms with van der Waals surface area (Å²) in [4.78, 5) is 25.8. The van der Waals surface area contributed by atoms with Gasteiger partial charge in [-0.1, -0.05) is 24.3 Å². The van der Waals surface area contributed by atoms with E-state index in [9.17, 15) is 14.0 Å². The number of nitrogens with zero attached hydrogens (tertiary/aromatic N) is 1. The molecular weight excluding hydrogens is 323 g/mol. The number of benzene rings is 2. The lowest BCUT2D eigenvalue weighted by Crippen LogP contribution is -2.32. The monoisotopic (exact) mass is 342 g/mol. The summed E-state index contributed by atoms with van der Waals surface area (Å²) < 4.78 is 19.1. The van der Waals surface area contributed by atoms with E-state index in [4.69, 9.17) is 10.5 Å². The van der Waals surface area contributed by atoms with Crippen LogP contribution in [0.25, 0.3) is 0 Å². The minimum absolute atomic E-state index is 0.199. The van der Waals surface area contributed by atoms with Crippen molar-refractivity contribution in [3.05, 3.63) is 66.0 Å². The largest absolute Gasteiger partial charge is 0.493 e. The van der Waals surface area contributed by atoms with Crippen molar-refractivity contribution in [3.63, 3.8) is 0 Å². The van der Waals surface area contributed by atoms with Gasteiger partial charge in [-0.25, -0.2) is 4.39 Å². The maximum atomic E-state index is 13.3. The van der Waals surface area contributed by atoms with Gasteiger partial charge in [0.1, 0.15) is 11.6 Å². The fourth-order valence-corrected chi connectivity index (χ4v) is 3.05. The van der Waals surface area contributed by atoms with Gasteiger partial charge in [0.2, 0.25) is 5.91 Å². The smallest absolute Gasteiger partial charge is 0.253 e. The molecule has 2 atom stereocenters. The summed E-state index contributed by atoms with van der Waals surface area (Å²) in [5.74, 6) is -1.23. The van der Waals surface area contributed by atoms with Gasteiger partial charge in [0.25, 0.3) is 5.91 Å². The fraction of sp³-hybridized carbons (Fsp3) is 0.263. The maximum absolute atomic E-state index is 13.3. The molecule has 2 N–H and O–H groups in total. The number of nitrogens with two attached hydrogens (primary N) is 1. The molecule has 2 aromatic carbocycles.